The average molecular weight is 336 g/mol. The highest BCUT2D eigenvalue weighted by atomic mass is 16.2. The lowest BCUT2D eigenvalue weighted by Crippen LogP contribution is -2.31. The molecule has 0 spiro atoms. The molecule has 4 rings (SSSR count). The van der Waals surface area contributed by atoms with Gasteiger partial charge in [-0.25, -0.2) is 4.68 Å². The zero-order chi connectivity index (χ0) is 17.4. The van der Waals surface area contributed by atoms with Crippen LogP contribution in [0.1, 0.15) is 46.3 Å². The molecule has 1 N–H and O–H groups in total. The summed E-state index contributed by atoms with van der Waals surface area (Å²) in [4.78, 5) is 16.6. The molecule has 1 aliphatic rings. The zero-order valence-corrected chi connectivity index (χ0v) is 14.3. The van der Waals surface area contributed by atoms with Crippen LogP contribution >= 0.6 is 0 Å². The highest BCUT2D eigenvalue weighted by Gasteiger charge is 2.27. The smallest absolute Gasteiger partial charge is 0.272 e. The van der Waals surface area contributed by atoms with Crippen molar-refractivity contribution in [2.24, 2.45) is 7.05 Å². The van der Waals surface area contributed by atoms with Crippen LogP contribution in [0.25, 0.3) is 5.69 Å². The molecule has 0 saturated carbocycles. The zero-order valence-electron chi connectivity index (χ0n) is 14.3. The van der Waals surface area contributed by atoms with E-state index < -0.39 is 0 Å². The molecule has 0 aliphatic heterocycles. The van der Waals surface area contributed by atoms with Crippen LogP contribution in [0.2, 0.25) is 0 Å². The maximum absolute atomic E-state index is 12.5. The van der Waals surface area contributed by atoms with Crippen LogP contribution in [0.15, 0.2) is 36.8 Å². The number of aryl methyl sites for hydroxylation is 2. The number of carbonyl (C=O) groups excluding carboxylic acids is 1. The summed E-state index contributed by atoms with van der Waals surface area (Å²) in [6, 6.07) is 5.65. The number of carbonyl (C=O) groups is 1. The largest absolute Gasteiger partial charge is 0.344 e. The third-order valence-electron chi connectivity index (χ3n) is 4.74. The molecule has 1 unspecified atom stereocenters. The fourth-order valence-electron chi connectivity index (χ4n) is 3.32. The Morgan fingerprint density at radius 2 is 2.12 bits per heavy atom. The van der Waals surface area contributed by atoms with Crippen molar-refractivity contribution >= 4 is 5.91 Å². The van der Waals surface area contributed by atoms with E-state index in [1.54, 1.807) is 23.1 Å². The third-order valence-corrected chi connectivity index (χ3v) is 4.74. The van der Waals surface area contributed by atoms with E-state index in [-0.39, 0.29) is 11.9 Å². The first-order valence-corrected chi connectivity index (χ1v) is 8.42. The molecule has 1 aliphatic carbocycles. The molecule has 3 heterocycles. The van der Waals surface area contributed by atoms with Crippen molar-refractivity contribution in [3.8, 4) is 5.69 Å². The first-order chi connectivity index (χ1) is 12.1. The van der Waals surface area contributed by atoms with Crippen LogP contribution in [0.5, 0.6) is 0 Å². The second-order valence-electron chi connectivity index (χ2n) is 6.38. The van der Waals surface area contributed by atoms with Gasteiger partial charge < -0.3 is 5.32 Å². The molecule has 0 saturated heterocycles. The minimum Gasteiger partial charge on any atom is -0.344 e. The van der Waals surface area contributed by atoms with Crippen molar-refractivity contribution in [3.05, 3.63) is 59.4 Å². The maximum atomic E-state index is 12.5. The Morgan fingerprint density at radius 3 is 2.84 bits per heavy atom. The van der Waals surface area contributed by atoms with Gasteiger partial charge in [0.25, 0.3) is 5.91 Å². The number of nitrogens with one attached hydrogen (secondary N) is 1. The van der Waals surface area contributed by atoms with Crippen molar-refractivity contribution in [1.82, 2.24) is 29.9 Å². The first-order valence-electron chi connectivity index (χ1n) is 8.42. The Balaban J connectivity index is 1.60. The average Bonchev–Trinajstić information content (AvgIpc) is 3.20. The normalized spacial score (nSPS) is 16.5. The summed E-state index contributed by atoms with van der Waals surface area (Å²) >= 11 is 0. The molecular formula is C18H20N6O. The number of aromatic nitrogens is 5. The van der Waals surface area contributed by atoms with E-state index in [2.05, 4.69) is 20.5 Å². The minimum absolute atomic E-state index is 0.0332. The molecule has 7 nitrogen and oxygen atoms in total. The number of nitrogens with zero attached hydrogens (tertiary/aromatic N) is 5. The summed E-state index contributed by atoms with van der Waals surface area (Å²) in [7, 11) is 1.84. The summed E-state index contributed by atoms with van der Waals surface area (Å²) in [5.74, 6) is -0.141. The number of fused-ring (bicyclic) bond motifs is 1. The number of amides is 1. The van der Waals surface area contributed by atoms with Gasteiger partial charge in [0.1, 0.15) is 5.69 Å². The predicted molar refractivity (Wildman–Crippen MR) is 92.4 cm³/mol. The summed E-state index contributed by atoms with van der Waals surface area (Å²) < 4.78 is 3.66. The Labute approximate surface area is 145 Å². The fourth-order valence-corrected chi connectivity index (χ4v) is 3.32. The van der Waals surface area contributed by atoms with Gasteiger partial charge in [0.05, 0.1) is 17.9 Å². The minimum atomic E-state index is -0.141. The molecule has 0 fully saturated rings. The molecule has 1 atom stereocenters. The molecule has 1 amide bonds. The highest BCUT2D eigenvalue weighted by Crippen LogP contribution is 2.31. The SMILES string of the molecule is Cc1cc(C(=O)NC2CCCc3c2cnn3-c2ccncc2)nn1C. The standard InChI is InChI=1S/C18H20N6O/c1-12-10-16(22-23(12)2)18(25)21-15-4-3-5-17-14(15)11-20-24(17)13-6-8-19-9-7-13/h6-11,15H,3-5H2,1-2H3,(H,21,25). The van der Waals surface area contributed by atoms with Gasteiger partial charge in [-0.2, -0.15) is 10.2 Å². The van der Waals surface area contributed by atoms with Crippen molar-refractivity contribution in [2.75, 3.05) is 0 Å². The molecule has 25 heavy (non-hydrogen) atoms. The molecule has 0 radical (unpaired) electrons. The number of hydrogen-bond donors (Lipinski definition) is 1. The van der Waals surface area contributed by atoms with Crippen LogP contribution in [-0.2, 0) is 13.5 Å². The Hall–Kier alpha value is -2.96. The van der Waals surface area contributed by atoms with Gasteiger partial charge in [0, 0.05) is 36.4 Å². The Bertz CT molecular complexity index is 892. The predicted octanol–water partition coefficient (Wildman–Crippen LogP) is 2.12. The fraction of sp³-hybridized carbons (Fsp3) is 0.333. The lowest BCUT2D eigenvalue weighted by atomic mass is 9.92. The van der Waals surface area contributed by atoms with Crippen LogP contribution in [0.4, 0.5) is 0 Å². The summed E-state index contributed by atoms with van der Waals surface area (Å²) in [5.41, 5.74) is 4.64. The van der Waals surface area contributed by atoms with Gasteiger partial charge in [0.2, 0.25) is 0 Å². The second kappa shape index (κ2) is 6.16. The van der Waals surface area contributed by atoms with Crippen LogP contribution in [0.3, 0.4) is 0 Å². The third kappa shape index (κ3) is 2.82. The van der Waals surface area contributed by atoms with Crippen LogP contribution < -0.4 is 5.32 Å². The van der Waals surface area contributed by atoms with E-state index >= 15 is 0 Å². The van der Waals surface area contributed by atoms with Crippen LogP contribution in [0, 0.1) is 6.92 Å². The number of pyridine rings is 1. The molecule has 3 aromatic rings. The van der Waals surface area contributed by atoms with Gasteiger partial charge in [-0.05, 0) is 44.4 Å². The van der Waals surface area contributed by atoms with E-state index in [0.29, 0.717) is 5.69 Å². The molecule has 0 bridgehead atoms. The lowest BCUT2D eigenvalue weighted by molar-refractivity contribution is 0.0927. The maximum Gasteiger partial charge on any atom is 0.272 e. The van der Waals surface area contributed by atoms with Gasteiger partial charge in [-0.1, -0.05) is 0 Å². The number of hydrogen-bond acceptors (Lipinski definition) is 4. The lowest BCUT2D eigenvalue weighted by Gasteiger charge is -2.24. The van der Waals surface area contributed by atoms with E-state index in [4.69, 9.17) is 0 Å². The Morgan fingerprint density at radius 1 is 1.32 bits per heavy atom. The van der Waals surface area contributed by atoms with Gasteiger partial charge in [0.15, 0.2) is 0 Å². The van der Waals surface area contributed by atoms with Gasteiger partial charge >= 0.3 is 0 Å². The van der Waals surface area contributed by atoms with Crippen molar-refractivity contribution in [3.63, 3.8) is 0 Å². The number of rotatable bonds is 3. The molecule has 0 aromatic carbocycles. The molecule has 3 aromatic heterocycles. The van der Waals surface area contributed by atoms with E-state index in [1.807, 2.05) is 37.0 Å². The first kappa shape index (κ1) is 15.6. The summed E-state index contributed by atoms with van der Waals surface area (Å²) in [6.45, 7) is 1.93. The van der Waals surface area contributed by atoms with Crippen LogP contribution in [-0.4, -0.2) is 30.5 Å². The van der Waals surface area contributed by atoms with Gasteiger partial charge in [-0.15, -0.1) is 0 Å². The summed E-state index contributed by atoms with van der Waals surface area (Å²) in [5, 5.41) is 11.9. The Kier molecular flexibility index (Phi) is 3.83. The quantitative estimate of drug-likeness (QED) is 0.795. The van der Waals surface area contributed by atoms with Crippen molar-refractivity contribution in [1.29, 1.82) is 0 Å². The molecule has 7 heteroatoms. The summed E-state index contributed by atoms with van der Waals surface area (Å²) in [6.07, 6.45) is 8.25. The van der Waals surface area contributed by atoms with E-state index in [9.17, 15) is 4.79 Å². The van der Waals surface area contributed by atoms with E-state index in [1.165, 1.54) is 0 Å². The highest BCUT2D eigenvalue weighted by molar-refractivity contribution is 5.92. The topological polar surface area (TPSA) is 77.6 Å². The van der Waals surface area contributed by atoms with Gasteiger partial charge in [-0.3, -0.25) is 14.5 Å². The van der Waals surface area contributed by atoms with E-state index in [0.717, 1.165) is 41.9 Å². The van der Waals surface area contributed by atoms with Crippen molar-refractivity contribution < 1.29 is 4.79 Å². The molecular weight excluding hydrogens is 316 g/mol. The monoisotopic (exact) mass is 336 g/mol. The van der Waals surface area contributed by atoms with Crippen molar-refractivity contribution in [2.45, 2.75) is 32.2 Å². The molecule has 128 valence electrons. The second-order valence-corrected chi connectivity index (χ2v) is 6.38.